The fourth-order valence-corrected chi connectivity index (χ4v) is 2.03. The first-order chi connectivity index (χ1) is 13.2. The van der Waals surface area contributed by atoms with Gasteiger partial charge in [0.15, 0.2) is 0 Å². The summed E-state index contributed by atoms with van der Waals surface area (Å²) >= 11 is 0. The Morgan fingerprint density at radius 2 is 1.82 bits per heavy atom. The van der Waals surface area contributed by atoms with Crippen LogP contribution in [0.5, 0.6) is 0 Å². The van der Waals surface area contributed by atoms with Crippen molar-refractivity contribution in [2.24, 2.45) is 0 Å². The van der Waals surface area contributed by atoms with Crippen molar-refractivity contribution in [2.45, 2.75) is 79.0 Å². The number of hydrogen-bond acceptors (Lipinski definition) is 5. The van der Waals surface area contributed by atoms with Gasteiger partial charge in [-0.1, -0.05) is 13.0 Å². The Kier molecular flexibility index (Phi) is 11.0. The summed E-state index contributed by atoms with van der Waals surface area (Å²) in [6, 6.07) is 0. The summed E-state index contributed by atoms with van der Waals surface area (Å²) in [6.07, 6.45) is 7.52. The van der Waals surface area contributed by atoms with Crippen molar-refractivity contribution in [3.63, 3.8) is 0 Å². The second-order valence-corrected chi connectivity index (χ2v) is 7.27. The van der Waals surface area contributed by atoms with Crippen molar-refractivity contribution in [1.29, 1.82) is 0 Å². The number of aryl methyl sites for hydroxylation is 1. The molecule has 2 aromatic heterocycles. The molecule has 4 heterocycles. The molecule has 2 aliphatic heterocycles. The molecule has 8 nitrogen and oxygen atoms in total. The molecule has 28 heavy (non-hydrogen) atoms. The van der Waals surface area contributed by atoms with E-state index in [1.807, 2.05) is 35.4 Å². The number of ether oxygens (including phenoxy) is 2. The maximum atomic E-state index is 11.0. The summed E-state index contributed by atoms with van der Waals surface area (Å²) in [5.41, 5.74) is 0. The van der Waals surface area contributed by atoms with Gasteiger partial charge in [-0.15, -0.1) is 0 Å². The first kappa shape index (κ1) is 24.3. The summed E-state index contributed by atoms with van der Waals surface area (Å²) in [7, 11) is 0. The minimum Gasteiger partial charge on any atom is -0.849 e. The van der Waals surface area contributed by atoms with E-state index >= 15 is 0 Å². The molecular formula is C20H36N4O4. The number of epoxide rings is 2. The predicted octanol–water partition coefficient (Wildman–Crippen LogP) is 0.742. The molecule has 8 heteroatoms. The number of H-pyrrole nitrogens is 1. The molecule has 160 valence electrons. The van der Waals surface area contributed by atoms with E-state index < -0.39 is 6.10 Å². The number of rotatable bonds is 4. The summed E-state index contributed by atoms with van der Waals surface area (Å²) in [5.74, 6) is 1.98. The van der Waals surface area contributed by atoms with Gasteiger partial charge in [0, 0.05) is 19.3 Å². The van der Waals surface area contributed by atoms with Gasteiger partial charge in [0.05, 0.1) is 38.1 Å². The number of aliphatic hydroxyl groups is 1. The lowest BCUT2D eigenvalue weighted by molar-refractivity contribution is -0.726. The third-order valence-electron chi connectivity index (χ3n) is 3.81. The van der Waals surface area contributed by atoms with E-state index in [-0.39, 0.29) is 6.10 Å². The SMILES string of the molecule is CC1CO1.CC1CO1.Cc1n(CC(C)O)cc[n+]1CC(C)[O-].Cc1ncc[nH]1. The van der Waals surface area contributed by atoms with Crippen LogP contribution < -0.4 is 9.67 Å². The van der Waals surface area contributed by atoms with Crippen molar-refractivity contribution in [3.8, 4) is 0 Å². The Hall–Kier alpha value is -1.74. The van der Waals surface area contributed by atoms with Crippen LogP contribution in [0.2, 0.25) is 0 Å². The van der Waals surface area contributed by atoms with Crippen LogP contribution in [-0.2, 0) is 22.6 Å². The zero-order chi connectivity index (χ0) is 21.1. The second-order valence-electron chi connectivity index (χ2n) is 7.27. The summed E-state index contributed by atoms with van der Waals surface area (Å²) in [6.45, 7) is 14.4. The smallest absolute Gasteiger partial charge is 0.253 e. The van der Waals surface area contributed by atoms with Crippen molar-refractivity contribution >= 4 is 0 Å². The standard InChI is InChI=1S/C10H18N2O2.C4H6N2.2C3H6O/c1-8(13)6-11-4-5-12(10(11)3)7-9(2)14;1-4-5-2-3-6-4;2*1-3-2-4-3/h4-5,8-9,13H,6-7H2,1-3H3;2-3H,1H3,(H,5,6);2*3H,2H2,1H3. The minimum atomic E-state index is -0.596. The molecule has 2 fully saturated rings. The summed E-state index contributed by atoms with van der Waals surface area (Å²) in [5, 5.41) is 20.2. The molecule has 0 radical (unpaired) electrons. The average molecular weight is 397 g/mol. The lowest BCUT2D eigenvalue weighted by atomic mass is 10.4. The second kappa shape index (κ2) is 12.7. The molecule has 0 aromatic carbocycles. The first-order valence-electron chi connectivity index (χ1n) is 9.77. The van der Waals surface area contributed by atoms with E-state index in [0.29, 0.717) is 25.3 Å². The van der Waals surface area contributed by atoms with E-state index in [1.54, 1.807) is 26.2 Å². The van der Waals surface area contributed by atoms with Crippen LogP contribution in [0.15, 0.2) is 24.8 Å². The van der Waals surface area contributed by atoms with Gasteiger partial charge in [-0.3, -0.25) is 0 Å². The van der Waals surface area contributed by atoms with Crippen LogP contribution in [0.1, 0.15) is 39.3 Å². The first-order valence-corrected chi connectivity index (χ1v) is 9.77. The van der Waals surface area contributed by atoms with E-state index in [9.17, 15) is 10.2 Å². The topological polar surface area (TPSA) is 106 Å². The van der Waals surface area contributed by atoms with Gasteiger partial charge in [-0.25, -0.2) is 14.1 Å². The fraction of sp³-hybridized carbons (Fsp3) is 0.700. The molecule has 0 amide bonds. The molecule has 0 bridgehead atoms. The molecule has 4 unspecified atom stereocenters. The summed E-state index contributed by atoms with van der Waals surface area (Å²) in [4.78, 5) is 6.75. The fourth-order valence-electron chi connectivity index (χ4n) is 2.03. The zero-order valence-electron chi connectivity index (χ0n) is 18.0. The van der Waals surface area contributed by atoms with Gasteiger partial charge >= 0.3 is 0 Å². The highest BCUT2D eigenvalue weighted by Crippen LogP contribution is 2.04. The van der Waals surface area contributed by atoms with Crippen LogP contribution in [0, 0.1) is 13.8 Å². The highest BCUT2D eigenvalue weighted by atomic mass is 16.6. The highest BCUT2D eigenvalue weighted by molar-refractivity contribution is 4.81. The molecule has 4 rings (SSSR count). The third kappa shape index (κ3) is 12.6. The maximum absolute atomic E-state index is 11.0. The molecule has 0 spiro atoms. The third-order valence-corrected chi connectivity index (χ3v) is 3.81. The van der Waals surface area contributed by atoms with Crippen LogP contribution >= 0.6 is 0 Å². The molecule has 2 aliphatic rings. The summed E-state index contributed by atoms with van der Waals surface area (Å²) < 4.78 is 13.3. The number of imidazole rings is 2. The lowest BCUT2D eigenvalue weighted by Gasteiger charge is -2.13. The van der Waals surface area contributed by atoms with E-state index in [4.69, 9.17) is 9.47 Å². The molecule has 0 aliphatic carbocycles. The van der Waals surface area contributed by atoms with Gasteiger partial charge in [0.2, 0.25) is 0 Å². The van der Waals surface area contributed by atoms with Crippen LogP contribution in [0.3, 0.4) is 0 Å². The van der Waals surface area contributed by atoms with Gasteiger partial charge in [0.25, 0.3) is 5.82 Å². The predicted molar refractivity (Wildman–Crippen MR) is 105 cm³/mol. The number of hydrogen-bond donors (Lipinski definition) is 2. The molecule has 4 atom stereocenters. The average Bonchev–Trinajstić information content (AvgIpc) is 3.50. The van der Waals surface area contributed by atoms with Crippen molar-refractivity contribution in [3.05, 3.63) is 36.4 Å². The van der Waals surface area contributed by atoms with E-state index in [1.165, 1.54) is 0 Å². The van der Waals surface area contributed by atoms with Gasteiger partial charge in [-0.05, 0) is 27.7 Å². The largest absolute Gasteiger partial charge is 0.849 e. The molecule has 0 saturated carbocycles. The normalized spacial score (nSPS) is 21.0. The lowest BCUT2D eigenvalue weighted by Crippen LogP contribution is -2.45. The maximum Gasteiger partial charge on any atom is 0.253 e. The van der Waals surface area contributed by atoms with E-state index in [0.717, 1.165) is 24.9 Å². The Labute approximate surface area is 168 Å². The minimum absolute atomic E-state index is 0.362. The number of aliphatic hydroxyl groups excluding tert-OH is 1. The van der Waals surface area contributed by atoms with Gasteiger partial charge < -0.3 is 24.7 Å². The van der Waals surface area contributed by atoms with Gasteiger partial charge in [0.1, 0.15) is 24.8 Å². The molecule has 2 aromatic rings. The monoisotopic (exact) mass is 396 g/mol. The molecular weight excluding hydrogens is 360 g/mol. The number of nitrogens with zero attached hydrogens (tertiary/aromatic N) is 3. The number of aromatic amines is 1. The Bertz CT molecular complexity index is 595. The van der Waals surface area contributed by atoms with Crippen molar-refractivity contribution in [2.75, 3.05) is 13.2 Å². The van der Waals surface area contributed by atoms with Crippen LogP contribution in [0.25, 0.3) is 0 Å². The molecule has 2 saturated heterocycles. The highest BCUT2D eigenvalue weighted by Gasteiger charge is 2.14. The van der Waals surface area contributed by atoms with Gasteiger partial charge in [-0.2, -0.15) is 0 Å². The van der Waals surface area contributed by atoms with Crippen LogP contribution in [0.4, 0.5) is 0 Å². The Morgan fingerprint density at radius 1 is 1.29 bits per heavy atom. The number of aromatic nitrogens is 4. The zero-order valence-corrected chi connectivity index (χ0v) is 18.0. The van der Waals surface area contributed by atoms with Crippen molar-refractivity contribution in [1.82, 2.24) is 14.5 Å². The van der Waals surface area contributed by atoms with Crippen molar-refractivity contribution < 1.29 is 24.3 Å². The van der Waals surface area contributed by atoms with Crippen LogP contribution in [-0.4, -0.2) is 57.3 Å². The number of nitrogens with one attached hydrogen (secondary N) is 1. The van der Waals surface area contributed by atoms with E-state index in [2.05, 4.69) is 23.8 Å². The Morgan fingerprint density at radius 3 is 2.11 bits per heavy atom. The molecule has 2 N–H and O–H groups in total. The Balaban J connectivity index is 0.000000225. The quantitative estimate of drug-likeness (QED) is 0.586.